The molecular weight excluding hydrogens is 198 g/mol. The first-order chi connectivity index (χ1) is 7.77. The van der Waals surface area contributed by atoms with Crippen LogP contribution in [0.1, 0.15) is 36.8 Å². The molecule has 88 valence electrons. The van der Waals surface area contributed by atoms with Crippen molar-refractivity contribution in [3.05, 3.63) is 29.3 Å². The highest BCUT2D eigenvalue weighted by molar-refractivity contribution is 5.39. The van der Waals surface area contributed by atoms with Gasteiger partial charge in [-0.25, -0.2) is 0 Å². The van der Waals surface area contributed by atoms with Crippen molar-refractivity contribution in [3.8, 4) is 5.75 Å². The normalized spacial score (nSPS) is 16.8. The average molecular weight is 219 g/mol. The van der Waals surface area contributed by atoms with Crippen LogP contribution in [0.15, 0.2) is 18.2 Å². The summed E-state index contributed by atoms with van der Waals surface area (Å²) in [5.41, 5.74) is 1.97. The molecule has 0 heterocycles. The van der Waals surface area contributed by atoms with E-state index in [1.54, 1.807) is 0 Å². The Morgan fingerprint density at radius 2 is 2.06 bits per heavy atom. The van der Waals surface area contributed by atoms with Gasteiger partial charge in [-0.05, 0) is 37.8 Å². The van der Waals surface area contributed by atoms with E-state index < -0.39 is 0 Å². The topological polar surface area (TPSA) is 32.3 Å². The highest BCUT2D eigenvalue weighted by atomic mass is 16.3. The molecular formula is C14H21NO. The number of aryl methyl sites for hydroxylation is 1. The summed E-state index contributed by atoms with van der Waals surface area (Å²) in [4.78, 5) is 0. The zero-order chi connectivity index (χ0) is 11.4. The molecule has 1 aliphatic carbocycles. The number of hydrogen-bond donors (Lipinski definition) is 2. The van der Waals surface area contributed by atoms with Crippen LogP contribution in [0.2, 0.25) is 0 Å². The third-order valence-corrected chi connectivity index (χ3v) is 3.54. The van der Waals surface area contributed by atoms with Gasteiger partial charge in [0.15, 0.2) is 0 Å². The molecule has 2 heteroatoms. The summed E-state index contributed by atoms with van der Waals surface area (Å²) in [5.74, 6) is 1.30. The maximum atomic E-state index is 9.85. The smallest absolute Gasteiger partial charge is 0.122 e. The van der Waals surface area contributed by atoms with Gasteiger partial charge in [0.1, 0.15) is 5.75 Å². The molecule has 16 heavy (non-hydrogen) atoms. The van der Waals surface area contributed by atoms with Crippen LogP contribution in [-0.4, -0.2) is 11.7 Å². The Labute approximate surface area is 97.7 Å². The molecule has 0 atom stereocenters. The third kappa shape index (κ3) is 2.76. The summed E-state index contributed by atoms with van der Waals surface area (Å²) in [7, 11) is 0. The molecule has 1 fully saturated rings. The molecule has 1 aliphatic rings. The number of hydrogen-bond acceptors (Lipinski definition) is 2. The van der Waals surface area contributed by atoms with Crippen molar-refractivity contribution in [2.24, 2.45) is 5.92 Å². The van der Waals surface area contributed by atoms with Gasteiger partial charge in [-0.15, -0.1) is 0 Å². The van der Waals surface area contributed by atoms with E-state index in [-0.39, 0.29) is 0 Å². The lowest BCUT2D eigenvalue weighted by molar-refractivity contribution is 0.451. The van der Waals surface area contributed by atoms with Gasteiger partial charge in [-0.2, -0.15) is 0 Å². The van der Waals surface area contributed by atoms with Gasteiger partial charge in [0.25, 0.3) is 0 Å². The van der Waals surface area contributed by atoms with Gasteiger partial charge in [-0.1, -0.05) is 31.0 Å². The van der Waals surface area contributed by atoms with Gasteiger partial charge < -0.3 is 10.4 Å². The van der Waals surface area contributed by atoms with Gasteiger partial charge >= 0.3 is 0 Å². The van der Waals surface area contributed by atoms with Crippen LogP contribution in [-0.2, 0) is 6.54 Å². The molecule has 2 rings (SSSR count). The zero-order valence-electron chi connectivity index (χ0n) is 10.00. The molecule has 0 spiro atoms. The predicted octanol–water partition coefficient (Wildman–Crippen LogP) is 2.98. The van der Waals surface area contributed by atoms with Crippen LogP contribution < -0.4 is 5.32 Å². The van der Waals surface area contributed by atoms with E-state index >= 15 is 0 Å². The largest absolute Gasteiger partial charge is 0.507 e. The highest BCUT2D eigenvalue weighted by Gasteiger charge is 2.14. The number of rotatable bonds is 4. The van der Waals surface area contributed by atoms with Crippen molar-refractivity contribution in [2.75, 3.05) is 6.54 Å². The van der Waals surface area contributed by atoms with Crippen LogP contribution in [0.5, 0.6) is 5.75 Å². The van der Waals surface area contributed by atoms with E-state index in [0.29, 0.717) is 5.75 Å². The lowest BCUT2D eigenvalue weighted by Gasteiger charge is -2.12. The van der Waals surface area contributed by atoms with E-state index in [9.17, 15) is 5.11 Å². The first kappa shape index (κ1) is 11.5. The summed E-state index contributed by atoms with van der Waals surface area (Å²) in [5, 5.41) is 13.3. The maximum absolute atomic E-state index is 9.85. The van der Waals surface area contributed by atoms with Crippen LogP contribution in [0.3, 0.4) is 0 Å². The molecule has 1 aromatic carbocycles. The van der Waals surface area contributed by atoms with Crippen LogP contribution in [0.4, 0.5) is 0 Å². The molecule has 0 unspecified atom stereocenters. The van der Waals surface area contributed by atoms with E-state index in [0.717, 1.165) is 30.1 Å². The van der Waals surface area contributed by atoms with Gasteiger partial charge in [-0.3, -0.25) is 0 Å². The van der Waals surface area contributed by atoms with Crippen molar-refractivity contribution in [1.29, 1.82) is 0 Å². The first-order valence-electron chi connectivity index (χ1n) is 6.25. The molecule has 2 N–H and O–H groups in total. The Hall–Kier alpha value is -1.02. The van der Waals surface area contributed by atoms with Crippen LogP contribution in [0.25, 0.3) is 0 Å². The lowest BCUT2D eigenvalue weighted by atomic mass is 10.1. The quantitative estimate of drug-likeness (QED) is 0.816. The van der Waals surface area contributed by atoms with Crippen molar-refractivity contribution >= 4 is 0 Å². The monoisotopic (exact) mass is 219 g/mol. The van der Waals surface area contributed by atoms with Crippen LogP contribution >= 0.6 is 0 Å². The van der Waals surface area contributed by atoms with Crippen molar-refractivity contribution in [1.82, 2.24) is 5.32 Å². The summed E-state index contributed by atoms with van der Waals surface area (Å²) >= 11 is 0. The number of aromatic hydroxyl groups is 1. The number of phenols is 1. The summed E-state index contributed by atoms with van der Waals surface area (Å²) in [6.07, 6.45) is 5.52. The van der Waals surface area contributed by atoms with Gasteiger partial charge in [0, 0.05) is 12.1 Å². The fraction of sp³-hybridized carbons (Fsp3) is 0.571. The summed E-state index contributed by atoms with van der Waals surface area (Å²) in [6, 6.07) is 5.93. The number of phenolic OH excluding ortho intramolecular Hbond substituents is 1. The minimum atomic E-state index is 0.446. The Bertz CT molecular complexity index is 343. The van der Waals surface area contributed by atoms with E-state index in [4.69, 9.17) is 0 Å². The predicted molar refractivity (Wildman–Crippen MR) is 66.5 cm³/mol. The Kier molecular flexibility index (Phi) is 3.83. The minimum Gasteiger partial charge on any atom is -0.507 e. The molecule has 0 aromatic heterocycles. The van der Waals surface area contributed by atoms with Crippen molar-refractivity contribution < 1.29 is 5.11 Å². The lowest BCUT2D eigenvalue weighted by Crippen LogP contribution is -2.20. The second-order valence-electron chi connectivity index (χ2n) is 4.86. The standard InChI is InChI=1S/C14H21NO/c1-11-5-4-8-13(14(11)16)10-15-9-12-6-2-3-7-12/h4-5,8,12,15-16H,2-3,6-7,9-10H2,1H3. The Morgan fingerprint density at radius 3 is 2.81 bits per heavy atom. The van der Waals surface area contributed by atoms with Gasteiger partial charge in [0.2, 0.25) is 0 Å². The fourth-order valence-corrected chi connectivity index (χ4v) is 2.49. The number of nitrogens with one attached hydrogen (secondary N) is 1. The molecule has 0 aliphatic heterocycles. The first-order valence-corrected chi connectivity index (χ1v) is 6.25. The van der Waals surface area contributed by atoms with Crippen LogP contribution in [0, 0.1) is 12.8 Å². The molecule has 2 nitrogen and oxygen atoms in total. The average Bonchev–Trinajstić information content (AvgIpc) is 2.77. The zero-order valence-corrected chi connectivity index (χ0v) is 10.00. The van der Waals surface area contributed by atoms with E-state index in [2.05, 4.69) is 5.32 Å². The number of benzene rings is 1. The number of para-hydroxylation sites is 1. The van der Waals surface area contributed by atoms with Gasteiger partial charge in [0.05, 0.1) is 0 Å². The summed E-state index contributed by atoms with van der Waals surface area (Å²) < 4.78 is 0. The fourth-order valence-electron chi connectivity index (χ4n) is 2.49. The molecule has 0 amide bonds. The molecule has 0 radical (unpaired) electrons. The van der Waals surface area contributed by atoms with Crippen molar-refractivity contribution in [2.45, 2.75) is 39.2 Å². The molecule has 0 bridgehead atoms. The SMILES string of the molecule is Cc1cccc(CNCC2CCCC2)c1O. The molecule has 1 saturated carbocycles. The molecule has 0 saturated heterocycles. The highest BCUT2D eigenvalue weighted by Crippen LogP contribution is 2.24. The van der Waals surface area contributed by atoms with Crippen molar-refractivity contribution in [3.63, 3.8) is 0 Å². The second kappa shape index (κ2) is 5.35. The summed E-state index contributed by atoms with van der Waals surface area (Å²) in [6.45, 7) is 3.81. The second-order valence-corrected chi connectivity index (χ2v) is 4.86. The molecule has 1 aromatic rings. The maximum Gasteiger partial charge on any atom is 0.122 e. The minimum absolute atomic E-state index is 0.446. The third-order valence-electron chi connectivity index (χ3n) is 3.54. The van der Waals surface area contributed by atoms with E-state index in [1.807, 2.05) is 25.1 Å². The Balaban J connectivity index is 1.82. The Morgan fingerprint density at radius 1 is 1.31 bits per heavy atom. The van der Waals surface area contributed by atoms with E-state index in [1.165, 1.54) is 25.7 Å².